The number of benzene rings is 2. The smallest absolute Gasteiger partial charge is 0.311 e. The van der Waals surface area contributed by atoms with Crippen molar-refractivity contribution in [1.29, 1.82) is 0 Å². The summed E-state index contributed by atoms with van der Waals surface area (Å²) in [5.41, 5.74) is 3.09. The number of halogens is 2. The summed E-state index contributed by atoms with van der Waals surface area (Å²) in [6, 6.07) is 10.8. The molecular weight excluding hydrogens is 461 g/mol. The number of esters is 1. The van der Waals surface area contributed by atoms with Crippen LogP contribution in [-0.4, -0.2) is 49.0 Å². The number of amides is 3. The number of nitrogens with zero attached hydrogens (tertiary/aromatic N) is 1. The zero-order valence-corrected chi connectivity index (χ0v) is 18.4. The summed E-state index contributed by atoms with van der Waals surface area (Å²) in [6.07, 6.45) is -0.149. The summed E-state index contributed by atoms with van der Waals surface area (Å²) >= 11 is 11.7. The van der Waals surface area contributed by atoms with E-state index >= 15 is 0 Å². The molecule has 1 aliphatic heterocycles. The van der Waals surface area contributed by atoms with Gasteiger partial charge in [-0.05, 0) is 42.5 Å². The van der Waals surface area contributed by atoms with Gasteiger partial charge in [0.05, 0.1) is 25.3 Å². The molecule has 1 unspecified atom stereocenters. The first-order valence-corrected chi connectivity index (χ1v) is 10.2. The van der Waals surface area contributed by atoms with E-state index in [1.54, 1.807) is 24.3 Å². The molecule has 2 aromatic carbocycles. The van der Waals surface area contributed by atoms with Crippen LogP contribution in [-0.2, 0) is 19.1 Å². The van der Waals surface area contributed by atoms with Crippen LogP contribution in [0.1, 0.15) is 16.8 Å². The third kappa shape index (κ3) is 5.89. The number of hydrazine groups is 1. The van der Waals surface area contributed by atoms with Gasteiger partial charge in [0.2, 0.25) is 5.91 Å². The molecule has 0 radical (unpaired) electrons. The summed E-state index contributed by atoms with van der Waals surface area (Å²) < 4.78 is 10.2. The van der Waals surface area contributed by atoms with Crippen LogP contribution in [0.3, 0.4) is 0 Å². The second-order valence-electron chi connectivity index (χ2n) is 6.85. The number of anilines is 1. The second-order valence-corrected chi connectivity index (χ2v) is 7.73. The van der Waals surface area contributed by atoms with Crippen molar-refractivity contribution in [3.05, 3.63) is 58.1 Å². The zero-order chi connectivity index (χ0) is 23.3. The van der Waals surface area contributed by atoms with E-state index in [1.165, 1.54) is 25.3 Å². The average molecular weight is 480 g/mol. The van der Waals surface area contributed by atoms with Gasteiger partial charge in [0.1, 0.15) is 5.75 Å². The lowest BCUT2D eigenvalue weighted by molar-refractivity contribution is -0.151. The molecule has 11 heteroatoms. The van der Waals surface area contributed by atoms with E-state index < -0.39 is 36.2 Å². The molecule has 3 amide bonds. The molecule has 168 valence electrons. The monoisotopic (exact) mass is 479 g/mol. The first kappa shape index (κ1) is 23.4. The van der Waals surface area contributed by atoms with Gasteiger partial charge in [-0.15, -0.1) is 0 Å². The van der Waals surface area contributed by atoms with E-state index in [2.05, 4.69) is 10.7 Å². The number of nitrogens with one attached hydrogen (secondary N) is 2. The summed E-state index contributed by atoms with van der Waals surface area (Å²) in [7, 11) is 1.44. The number of ether oxygens (including phenoxy) is 2. The van der Waals surface area contributed by atoms with Gasteiger partial charge < -0.3 is 14.8 Å². The van der Waals surface area contributed by atoms with Crippen LogP contribution >= 0.6 is 23.2 Å². The third-order valence-corrected chi connectivity index (χ3v) is 5.07. The fraction of sp³-hybridized carbons (Fsp3) is 0.238. The molecule has 1 heterocycles. The Bertz CT molecular complexity index is 1040. The topological polar surface area (TPSA) is 114 Å². The molecule has 1 aliphatic rings. The molecule has 1 saturated heterocycles. The maximum absolute atomic E-state index is 12.3. The summed E-state index contributed by atoms with van der Waals surface area (Å²) in [5, 5.41) is 4.46. The van der Waals surface area contributed by atoms with Gasteiger partial charge in [-0.25, -0.2) is 0 Å². The SMILES string of the molecule is COc1ccc(Cl)cc1NC(=O)COC(=O)C1CC(=O)N(NC(=O)c2ccc(Cl)cc2)C1. The van der Waals surface area contributed by atoms with Gasteiger partial charge in [0, 0.05) is 22.0 Å². The summed E-state index contributed by atoms with van der Waals surface area (Å²) in [4.78, 5) is 48.9. The van der Waals surface area contributed by atoms with Crippen molar-refractivity contribution in [3.8, 4) is 5.75 Å². The van der Waals surface area contributed by atoms with Crippen LogP contribution in [0.5, 0.6) is 5.75 Å². The van der Waals surface area contributed by atoms with Crippen LogP contribution in [0.25, 0.3) is 0 Å². The van der Waals surface area contributed by atoms with Crippen molar-refractivity contribution < 1.29 is 28.7 Å². The minimum Gasteiger partial charge on any atom is -0.495 e. The van der Waals surface area contributed by atoms with E-state index in [1.807, 2.05) is 0 Å². The van der Waals surface area contributed by atoms with Crippen LogP contribution in [0.2, 0.25) is 10.0 Å². The summed E-state index contributed by atoms with van der Waals surface area (Å²) in [6.45, 7) is -0.628. The predicted octanol–water partition coefficient (Wildman–Crippen LogP) is 2.68. The van der Waals surface area contributed by atoms with Gasteiger partial charge in [0.15, 0.2) is 6.61 Å². The van der Waals surface area contributed by atoms with E-state index in [9.17, 15) is 19.2 Å². The molecule has 3 rings (SSSR count). The van der Waals surface area contributed by atoms with E-state index in [-0.39, 0.29) is 13.0 Å². The van der Waals surface area contributed by atoms with Crippen molar-refractivity contribution in [3.63, 3.8) is 0 Å². The summed E-state index contributed by atoms with van der Waals surface area (Å²) in [5.74, 6) is -2.71. The molecule has 2 aromatic rings. The standard InChI is InChI=1S/C21H19Cl2N3O6/c1-31-17-7-6-15(23)9-16(17)24-18(27)11-32-21(30)13-8-19(28)26(10-13)25-20(29)12-2-4-14(22)5-3-12/h2-7,9,13H,8,10-11H2,1H3,(H,24,27)(H,25,29). The number of hydrogen-bond donors (Lipinski definition) is 2. The third-order valence-electron chi connectivity index (χ3n) is 4.58. The lowest BCUT2D eigenvalue weighted by atomic mass is 10.1. The Morgan fingerprint density at radius 3 is 2.47 bits per heavy atom. The largest absolute Gasteiger partial charge is 0.495 e. The molecule has 1 fully saturated rings. The minimum absolute atomic E-state index is 0.0687. The number of methoxy groups -OCH3 is 1. The first-order valence-electron chi connectivity index (χ1n) is 9.43. The lowest BCUT2D eigenvalue weighted by Gasteiger charge is -2.17. The van der Waals surface area contributed by atoms with Crippen molar-refractivity contribution in [2.75, 3.05) is 25.6 Å². The Balaban J connectivity index is 1.50. The average Bonchev–Trinajstić information content (AvgIpc) is 3.13. The van der Waals surface area contributed by atoms with Gasteiger partial charge in [-0.3, -0.25) is 29.6 Å². The number of carbonyl (C=O) groups is 4. The fourth-order valence-electron chi connectivity index (χ4n) is 2.98. The van der Waals surface area contributed by atoms with Gasteiger partial charge in [-0.1, -0.05) is 23.2 Å². The molecule has 0 aliphatic carbocycles. The molecule has 9 nitrogen and oxygen atoms in total. The molecule has 0 bridgehead atoms. The molecule has 1 atom stereocenters. The van der Waals surface area contributed by atoms with Gasteiger partial charge in [0.25, 0.3) is 11.8 Å². The lowest BCUT2D eigenvalue weighted by Crippen LogP contribution is -2.43. The highest BCUT2D eigenvalue weighted by Gasteiger charge is 2.36. The normalized spacial score (nSPS) is 15.3. The molecule has 2 N–H and O–H groups in total. The Kier molecular flexibility index (Phi) is 7.55. The predicted molar refractivity (Wildman–Crippen MR) is 116 cm³/mol. The molecule has 0 spiro atoms. The Morgan fingerprint density at radius 1 is 1.09 bits per heavy atom. The maximum Gasteiger partial charge on any atom is 0.311 e. The zero-order valence-electron chi connectivity index (χ0n) is 16.9. The van der Waals surface area contributed by atoms with Crippen LogP contribution in [0, 0.1) is 5.92 Å². The first-order chi connectivity index (χ1) is 15.3. The quantitative estimate of drug-likeness (QED) is 0.590. The van der Waals surface area contributed by atoms with E-state index in [0.717, 1.165) is 5.01 Å². The van der Waals surface area contributed by atoms with Gasteiger partial charge in [-0.2, -0.15) is 0 Å². The van der Waals surface area contributed by atoms with Crippen molar-refractivity contribution in [2.45, 2.75) is 6.42 Å². The van der Waals surface area contributed by atoms with Crippen LogP contribution in [0.4, 0.5) is 5.69 Å². The van der Waals surface area contributed by atoms with E-state index in [0.29, 0.717) is 27.0 Å². The number of carbonyl (C=O) groups excluding carboxylic acids is 4. The Hall–Kier alpha value is -3.30. The van der Waals surface area contributed by atoms with Crippen molar-refractivity contribution in [1.82, 2.24) is 10.4 Å². The Morgan fingerprint density at radius 2 is 1.78 bits per heavy atom. The van der Waals surface area contributed by atoms with Gasteiger partial charge >= 0.3 is 5.97 Å². The molecular formula is C21H19Cl2N3O6. The van der Waals surface area contributed by atoms with E-state index in [4.69, 9.17) is 32.7 Å². The van der Waals surface area contributed by atoms with Crippen molar-refractivity contribution >= 4 is 52.6 Å². The minimum atomic E-state index is -0.818. The highest BCUT2D eigenvalue weighted by atomic mass is 35.5. The molecule has 0 aromatic heterocycles. The van der Waals surface area contributed by atoms with Crippen LogP contribution in [0.15, 0.2) is 42.5 Å². The maximum atomic E-state index is 12.3. The molecule has 32 heavy (non-hydrogen) atoms. The second kappa shape index (κ2) is 10.3. The Labute approximate surface area is 193 Å². The fourth-order valence-corrected chi connectivity index (χ4v) is 3.28. The highest BCUT2D eigenvalue weighted by molar-refractivity contribution is 6.31. The van der Waals surface area contributed by atoms with Crippen LogP contribution < -0.4 is 15.5 Å². The van der Waals surface area contributed by atoms with Crippen molar-refractivity contribution in [2.24, 2.45) is 5.92 Å². The number of hydrogen-bond acceptors (Lipinski definition) is 6. The highest BCUT2D eigenvalue weighted by Crippen LogP contribution is 2.27. The molecule has 0 saturated carbocycles. The number of rotatable bonds is 7.